The summed E-state index contributed by atoms with van der Waals surface area (Å²) in [4.78, 5) is 11.1. The summed E-state index contributed by atoms with van der Waals surface area (Å²) < 4.78 is 32.3. The molecule has 1 amide bonds. The number of primary amides is 1. The van der Waals surface area contributed by atoms with E-state index in [1.165, 1.54) is 24.3 Å². The van der Waals surface area contributed by atoms with Crippen molar-refractivity contribution >= 4 is 15.9 Å². The second-order valence-corrected chi connectivity index (χ2v) is 6.74. The van der Waals surface area contributed by atoms with Gasteiger partial charge >= 0.3 is 0 Å². The third-order valence-electron chi connectivity index (χ3n) is 3.21. The average Bonchev–Trinajstić information content (AvgIpc) is 2.98. The Morgan fingerprint density at radius 2 is 1.95 bits per heavy atom. The number of sulfonamides is 1. The second kappa shape index (κ2) is 6.76. The molecular weight excluding hydrogens is 304 g/mol. The van der Waals surface area contributed by atoms with Crippen LogP contribution in [0.3, 0.4) is 0 Å². The zero-order valence-corrected chi connectivity index (χ0v) is 13.0. The van der Waals surface area contributed by atoms with Crippen LogP contribution >= 0.6 is 0 Å². The largest absolute Gasteiger partial charge is 0.469 e. The number of nitrogens with one attached hydrogen (secondary N) is 1. The van der Waals surface area contributed by atoms with E-state index in [-0.39, 0.29) is 16.5 Å². The smallest absolute Gasteiger partial charge is 0.248 e. The number of furan rings is 1. The van der Waals surface area contributed by atoms with E-state index in [0.29, 0.717) is 12.8 Å². The molecular formula is C15H18N2O4S. The number of nitrogens with two attached hydrogens (primary N) is 1. The van der Waals surface area contributed by atoms with Crippen molar-refractivity contribution in [1.29, 1.82) is 0 Å². The standard InChI is InChI=1S/C15H18N2O4S/c1-11(4-7-13-3-2-10-21-13)17-22(19,20)14-8-5-12(6-9-14)15(16)18/h2-3,5-6,8-11,17H,4,7H2,1H3,(H2,16,18)/t11-/m1/s1. The van der Waals surface area contributed by atoms with Gasteiger partial charge in [-0.25, -0.2) is 13.1 Å². The molecule has 0 saturated carbocycles. The van der Waals surface area contributed by atoms with E-state index in [0.717, 1.165) is 5.76 Å². The number of amides is 1. The quantitative estimate of drug-likeness (QED) is 0.809. The number of aryl methyl sites for hydroxylation is 1. The highest BCUT2D eigenvalue weighted by Gasteiger charge is 2.17. The molecule has 0 aliphatic heterocycles. The van der Waals surface area contributed by atoms with Crippen LogP contribution in [0.5, 0.6) is 0 Å². The van der Waals surface area contributed by atoms with Crippen molar-refractivity contribution in [3.63, 3.8) is 0 Å². The molecule has 22 heavy (non-hydrogen) atoms. The molecule has 1 aromatic heterocycles. The average molecular weight is 322 g/mol. The van der Waals surface area contributed by atoms with E-state index in [1.807, 2.05) is 6.07 Å². The number of benzene rings is 1. The summed E-state index contributed by atoms with van der Waals surface area (Å²) in [7, 11) is -3.63. The van der Waals surface area contributed by atoms with Crippen molar-refractivity contribution in [3.05, 3.63) is 54.0 Å². The molecule has 118 valence electrons. The van der Waals surface area contributed by atoms with Gasteiger partial charge in [0.05, 0.1) is 11.2 Å². The lowest BCUT2D eigenvalue weighted by Crippen LogP contribution is -2.33. The van der Waals surface area contributed by atoms with Crippen LogP contribution in [0.25, 0.3) is 0 Å². The highest BCUT2D eigenvalue weighted by Crippen LogP contribution is 2.12. The fourth-order valence-electron chi connectivity index (χ4n) is 2.00. The van der Waals surface area contributed by atoms with Crippen molar-refractivity contribution in [1.82, 2.24) is 4.72 Å². The molecule has 6 nitrogen and oxygen atoms in total. The Hall–Kier alpha value is -2.12. The lowest BCUT2D eigenvalue weighted by molar-refractivity contribution is 0.1000. The first-order chi connectivity index (χ1) is 10.4. The number of hydrogen-bond donors (Lipinski definition) is 2. The van der Waals surface area contributed by atoms with Crippen LogP contribution in [-0.2, 0) is 16.4 Å². The van der Waals surface area contributed by atoms with E-state index in [9.17, 15) is 13.2 Å². The van der Waals surface area contributed by atoms with Gasteiger partial charge < -0.3 is 10.2 Å². The summed E-state index contributed by atoms with van der Waals surface area (Å²) >= 11 is 0. The maximum Gasteiger partial charge on any atom is 0.248 e. The molecule has 1 heterocycles. The Morgan fingerprint density at radius 3 is 2.50 bits per heavy atom. The molecule has 0 radical (unpaired) electrons. The molecule has 1 aromatic carbocycles. The Morgan fingerprint density at radius 1 is 1.27 bits per heavy atom. The Labute approximate surface area is 129 Å². The van der Waals surface area contributed by atoms with E-state index in [4.69, 9.17) is 10.2 Å². The second-order valence-electron chi connectivity index (χ2n) is 5.03. The van der Waals surface area contributed by atoms with Crippen molar-refractivity contribution < 1.29 is 17.6 Å². The Balaban J connectivity index is 1.98. The van der Waals surface area contributed by atoms with Gasteiger partial charge in [-0.1, -0.05) is 0 Å². The summed E-state index contributed by atoms with van der Waals surface area (Å²) in [5, 5.41) is 0. The Bertz CT molecular complexity index is 721. The topological polar surface area (TPSA) is 102 Å². The first-order valence-electron chi connectivity index (χ1n) is 6.83. The summed E-state index contributed by atoms with van der Waals surface area (Å²) in [6.07, 6.45) is 2.86. The highest BCUT2D eigenvalue weighted by atomic mass is 32.2. The van der Waals surface area contributed by atoms with Crippen LogP contribution in [0.2, 0.25) is 0 Å². The molecule has 0 bridgehead atoms. The summed E-state index contributed by atoms with van der Waals surface area (Å²) in [5.41, 5.74) is 5.40. The van der Waals surface area contributed by atoms with Crippen LogP contribution in [0.4, 0.5) is 0 Å². The van der Waals surface area contributed by atoms with E-state index >= 15 is 0 Å². The Kier molecular flexibility index (Phi) is 4.99. The van der Waals surface area contributed by atoms with E-state index < -0.39 is 15.9 Å². The molecule has 0 aliphatic rings. The first-order valence-corrected chi connectivity index (χ1v) is 8.31. The van der Waals surface area contributed by atoms with Crippen LogP contribution < -0.4 is 10.5 Å². The first kappa shape index (κ1) is 16.3. The monoisotopic (exact) mass is 322 g/mol. The number of rotatable bonds is 7. The summed E-state index contributed by atoms with van der Waals surface area (Å²) in [6.45, 7) is 1.79. The van der Waals surface area contributed by atoms with Crippen molar-refractivity contribution in [2.75, 3.05) is 0 Å². The molecule has 7 heteroatoms. The predicted octanol–water partition coefficient (Wildman–Crippen LogP) is 1.68. The van der Waals surface area contributed by atoms with Gasteiger partial charge in [-0.15, -0.1) is 0 Å². The van der Waals surface area contributed by atoms with Crippen molar-refractivity contribution in [2.45, 2.75) is 30.7 Å². The van der Waals surface area contributed by atoms with E-state index in [2.05, 4.69) is 4.72 Å². The van der Waals surface area contributed by atoms with E-state index in [1.54, 1.807) is 19.3 Å². The number of carbonyl (C=O) groups is 1. The minimum absolute atomic E-state index is 0.0994. The SMILES string of the molecule is C[C@H](CCc1ccco1)NS(=O)(=O)c1ccc(C(N)=O)cc1. The predicted molar refractivity (Wildman–Crippen MR) is 81.8 cm³/mol. The van der Waals surface area contributed by atoms with Crippen LogP contribution in [0.1, 0.15) is 29.5 Å². The molecule has 2 rings (SSSR count). The molecule has 1 atom stereocenters. The molecule has 0 fully saturated rings. The van der Waals surface area contributed by atoms with Crippen LogP contribution in [0.15, 0.2) is 52.0 Å². The minimum Gasteiger partial charge on any atom is -0.469 e. The maximum atomic E-state index is 12.2. The van der Waals surface area contributed by atoms with Crippen LogP contribution in [0, 0.1) is 0 Å². The fourth-order valence-corrected chi connectivity index (χ4v) is 3.28. The fraction of sp³-hybridized carbons (Fsp3) is 0.267. The van der Waals surface area contributed by atoms with Gasteiger partial charge in [0.1, 0.15) is 5.76 Å². The summed E-state index contributed by atoms with van der Waals surface area (Å²) in [6, 6.07) is 8.91. The third-order valence-corrected chi connectivity index (χ3v) is 4.81. The molecule has 0 spiro atoms. The normalized spacial score (nSPS) is 13.0. The van der Waals surface area contributed by atoms with Gasteiger partial charge in [0.15, 0.2) is 0 Å². The highest BCUT2D eigenvalue weighted by molar-refractivity contribution is 7.89. The zero-order chi connectivity index (χ0) is 16.2. The van der Waals surface area contributed by atoms with Crippen molar-refractivity contribution in [3.8, 4) is 0 Å². The molecule has 2 aromatic rings. The molecule has 0 unspecified atom stereocenters. The lowest BCUT2D eigenvalue weighted by Gasteiger charge is -2.13. The maximum absolute atomic E-state index is 12.2. The molecule has 0 saturated heterocycles. The van der Waals surface area contributed by atoms with Crippen LogP contribution in [-0.4, -0.2) is 20.4 Å². The van der Waals surface area contributed by atoms with Gasteiger partial charge in [0.25, 0.3) is 0 Å². The van der Waals surface area contributed by atoms with Gasteiger partial charge in [-0.3, -0.25) is 4.79 Å². The molecule has 0 aliphatic carbocycles. The van der Waals surface area contributed by atoms with Gasteiger partial charge in [-0.2, -0.15) is 0 Å². The van der Waals surface area contributed by atoms with Crippen molar-refractivity contribution in [2.24, 2.45) is 5.73 Å². The van der Waals surface area contributed by atoms with Gasteiger partial charge in [-0.05, 0) is 49.7 Å². The number of hydrogen-bond acceptors (Lipinski definition) is 4. The number of carbonyl (C=O) groups excluding carboxylic acids is 1. The summed E-state index contributed by atoms with van der Waals surface area (Å²) in [5.74, 6) is 0.223. The molecule has 3 N–H and O–H groups in total. The minimum atomic E-state index is -3.63. The lowest BCUT2D eigenvalue weighted by atomic mass is 10.2. The third kappa shape index (κ3) is 4.19. The van der Waals surface area contributed by atoms with Gasteiger partial charge in [0, 0.05) is 18.0 Å². The zero-order valence-electron chi connectivity index (χ0n) is 12.2. The van der Waals surface area contributed by atoms with Gasteiger partial charge in [0.2, 0.25) is 15.9 Å².